The van der Waals surface area contributed by atoms with E-state index < -0.39 is 4.92 Å². The Morgan fingerprint density at radius 3 is 3.00 bits per heavy atom. The van der Waals surface area contributed by atoms with E-state index in [9.17, 15) is 10.1 Å². The molecule has 1 aliphatic heterocycles. The van der Waals surface area contributed by atoms with Crippen LogP contribution in [0.25, 0.3) is 0 Å². The molecular formula is C11H16N4O4. The highest BCUT2D eigenvalue weighted by Gasteiger charge is 2.34. The molecule has 19 heavy (non-hydrogen) atoms. The minimum Gasteiger partial charge on any atom is -0.378 e. The minimum atomic E-state index is -0.562. The number of ether oxygens (including phenoxy) is 2. The van der Waals surface area contributed by atoms with Crippen molar-refractivity contribution in [2.45, 2.75) is 12.0 Å². The van der Waals surface area contributed by atoms with E-state index in [1.807, 2.05) is 0 Å². The lowest BCUT2D eigenvalue weighted by atomic mass is 10.0. The lowest BCUT2D eigenvalue weighted by Crippen LogP contribution is -2.39. The molecule has 0 saturated carbocycles. The van der Waals surface area contributed by atoms with Crippen molar-refractivity contribution < 1.29 is 14.4 Å². The average Bonchev–Trinajstić information content (AvgIpc) is 2.85. The monoisotopic (exact) mass is 268 g/mol. The smallest absolute Gasteiger partial charge is 0.311 e. The molecule has 2 rings (SSSR count). The van der Waals surface area contributed by atoms with Gasteiger partial charge in [0.25, 0.3) is 0 Å². The number of nitrogen functional groups attached to an aromatic ring is 1. The van der Waals surface area contributed by atoms with Crippen LogP contribution in [0.1, 0.15) is 6.42 Å². The van der Waals surface area contributed by atoms with Gasteiger partial charge in [-0.15, -0.1) is 0 Å². The lowest BCUT2D eigenvalue weighted by molar-refractivity contribution is -0.384. The summed E-state index contributed by atoms with van der Waals surface area (Å²) in [6, 6.07) is 2.85. The van der Waals surface area contributed by atoms with Crippen molar-refractivity contribution in [2.75, 3.05) is 37.9 Å². The summed E-state index contributed by atoms with van der Waals surface area (Å²) < 4.78 is 10.8. The predicted molar refractivity (Wildman–Crippen MR) is 69.0 cm³/mol. The number of nitrogens with two attached hydrogens (primary N) is 1. The molecule has 1 saturated heterocycles. The highest BCUT2D eigenvalue weighted by molar-refractivity contribution is 5.57. The Labute approximate surface area is 110 Å². The van der Waals surface area contributed by atoms with Crippen LogP contribution in [0.5, 0.6) is 0 Å². The molecule has 1 aromatic rings. The van der Waals surface area contributed by atoms with Crippen LogP contribution in [0, 0.1) is 10.1 Å². The number of hydrogen-bond acceptors (Lipinski definition) is 7. The topological polar surface area (TPSA) is 113 Å². The molecule has 0 amide bonds. The maximum Gasteiger partial charge on any atom is 0.311 e. The number of nitrogens with zero attached hydrogens (tertiary/aromatic N) is 2. The molecule has 3 N–H and O–H groups in total. The Morgan fingerprint density at radius 2 is 2.47 bits per heavy atom. The standard InChI is InChI=1S/C11H16N4O4/c1-18-11(4-5-19-7-11)6-13-9-3-2-8(15(16)17)10(12)14-9/h2-3H,4-7H2,1H3,(H3,12,13,14). The number of pyridine rings is 1. The third-order valence-electron chi connectivity index (χ3n) is 3.19. The zero-order valence-electron chi connectivity index (χ0n) is 10.6. The van der Waals surface area contributed by atoms with Crippen LogP contribution in [0.15, 0.2) is 12.1 Å². The van der Waals surface area contributed by atoms with Crippen LogP contribution < -0.4 is 11.1 Å². The van der Waals surface area contributed by atoms with Crippen LogP contribution >= 0.6 is 0 Å². The van der Waals surface area contributed by atoms with Gasteiger partial charge in [-0.1, -0.05) is 0 Å². The second-order valence-electron chi connectivity index (χ2n) is 4.40. The van der Waals surface area contributed by atoms with E-state index in [0.29, 0.717) is 25.6 Å². The zero-order valence-corrected chi connectivity index (χ0v) is 10.6. The van der Waals surface area contributed by atoms with Crippen LogP contribution in [-0.4, -0.2) is 42.4 Å². The molecular weight excluding hydrogens is 252 g/mol. The van der Waals surface area contributed by atoms with Gasteiger partial charge in [0.2, 0.25) is 5.82 Å². The summed E-state index contributed by atoms with van der Waals surface area (Å²) in [6.07, 6.45) is 0.791. The lowest BCUT2D eigenvalue weighted by Gasteiger charge is -2.26. The summed E-state index contributed by atoms with van der Waals surface area (Å²) in [6.45, 7) is 1.68. The van der Waals surface area contributed by atoms with E-state index in [1.165, 1.54) is 12.1 Å². The number of methoxy groups -OCH3 is 1. The molecule has 0 aromatic carbocycles. The molecule has 0 aliphatic carbocycles. The largest absolute Gasteiger partial charge is 0.378 e. The molecule has 104 valence electrons. The maximum absolute atomic E-state index is 10.6. The van der Waals surface area contributed by atoms with Crippen molar-refractivity contribution in [2.24, 2.45) is 0 Å². The van der Waals surface area contributed by atoms with Crippen molar-refractivity contribution in [1.29, 1.82) is 0 Å². The molecule has 1 unspecified atom stereocenters. The highest BCUT2D eigenvalue weighted by Crippen LogP contribution is 2.24. The average molecular weight is 268 g/mol. The first-order valence-corrected chi connectivity index (χ1v) is 5.84. The summed E-state index contributed by atoms with van der Waals surface area (Å²) in [4.78, 5) is 14.0. The zero-order chi connectivity index (χ0) is 13.9. The Kier molecular flexibility index (Phi) is 3.82. The summed E-state index contributed by atoms with van der Waals surface area (Å²) in [7, 11) is 1.63. The number of nitro groups is 1. The van der Waals surface area contributed by atoms with Gasteiger partial charge in [-0.2, -0.15) is 0 Å². The van der Waals surface area contributed by atoms with E-state index in [-0.39, 0.29) is 17.1 Å². The van der Waals surface area contributed by atoms with Crippen molar-refractivity contribution in [3.63, 3.8) is 0 Å². The third-order valence-corrected chi connectivity index (χ3v) is 3.19. The number of anilines is 2. The van der Waals surface area contributed by atoms with Gasteiger partial charge in [0.15, 0.2) is 0 Å². The van der Waals surface area contributed by atoms with Gasteiger partial charge in [0.1, 0.15) is 11.4 Å². The van der Waals surface area contributed by atoms with E-state index in [1.54, 1.807) is 7.11 Å². The fourth-order valence-electron chi connectivity index (χ4n) is 1.93. The first-order chi connectivity index (χ1) is 9.06. The normalized spacial score (nSPS) is 22.4. The molecule has 1 aromatic heterocycles. The van der Waals surface area contributed by atoms with Gasteiger partial charge in [0.05, 0.1) is 11.5 Å². The van der Waals surface area contributed by atoms with Crippen LogP contribution in [-0.2, 0) is 9.47 Å². The number of hydrogen-bond donors (Lipinski definition) is 2. The number of rotatable bonds is 5. The van der Waals surface area contributed by atoms with Gasteiger partial charge in [-0.05, 0) is 6.07 Å². The minimum absolute atomic E-state index is 0.107. The molecule has 1 aliphatic rings. The molecule has 1 atom stereocenters. The van der Waals surface area contributed by atoms with Crippen molar-refractivity contribution in [3.8, 4) is 0 Å². The van der Waals surface area contributed by atoms with Crippen molar-refractivity contribution in [3.05, 3.63) is 22.2 Å². The van der Waals surface area contributed by atoms with Crippen LogP contribution in [0.2, 0.25) is 0 Å². The maximum atomic E-state index is 10.6. The van der Waals surface area contributed by atoms with Gasteiger partial charge in [0, 0.05) is 32.7 Å². The second kappa shape index (κ2) is 5.37. The van der Waals surface area contributed by atoms with E-state index >= 15 is 0 Å². The fourth-order valence-corrected chi connectivity index (χ4v) is 1.93. The Balaban J connectivity index is 2.03. The van der Waals surface area contributed by atoms with E-state index in [2.05, 4.69) is 10.3 Å². The van der Waals surface area contributed by atoms with E-state index in [4.69, 9.17) is 15.2 Å². The van der Waals surface area contributed by atoms with Gasteiger partial charge < -0.3 is 20.5 Å². The SMILES string of the molecule is COC1(CNc2ccc([N+](=O)[O-])c(N)n2)CCOC1. The van der Waals surface area contributed by atoms with Gasteiger partial charge >= 0.3 is 5.69 Å². The summed E-state index contributed by atoms with van der Waals surface area (Å²) >= 11 is 0. The Bertz CT molecular complexity index is 474. The predicted octanol–water partition coefficient (Wildman–Crippen LogP) is 0.789. The summed E-state index contributed by atoms with van der Waals surface area (Å²) in [5.74, 6) is 0.371. The summed E-state index contributed by atoms with van der Waals surface area (Å²) in [5, 5.41) is 13.7. The van der Waals surface area contributed by atoms with E-state index in [0.717, 1.165) is 6.42 Å². The fraction of sp³-hybridized carbons (Fsp3) is 0.545. The third kappa shape index (κ3) is 2.91. The Hall–Kier alpha value is -1.93. The quantitative estimate of drug-likeness (QED) is 0.599. The Morgan fingerprint density at radius 1 is 1.68 bits per heavy atom. The first-order valence-electron chi connectivity index (χ1n) is 5.84. The molecule has 0 radical (unpaired) electrons. The summed E-state index contributed by atoms with van der Waals surface area (Å²) in [5.41, 5.74) is 4.95. The van der Waals surface area contributed by atoms with Crippen LogP contribution in [0.3, 0.4) is 0 Å². The molecule has 2 heterocycles. The number of aromatic nitrogens is 1. The van der Waals surface area contributed by atoms with Crippen molar-refractivity contribution >= 4 is 17.3 Å². The van der Waals surface area contributed by atoms with Crippen LogP contribution in [0.4, 0.5) is 17.3 Å². The van der Waals surface area contributed by atoms with Crippen molar-refractivity contribution in [1.82, 2.24) is 4.98 Å². The molecule has 8 nitrogen and oxygen atoms in total. The number of nitrogens with one attached hydrogen (secondary N) is 1. The highest BCUT2D eigenvalue weighted by atomic mass is 16.6. The second-order valence-corrected chi connectivity index (χ2v) is 4.40. The molecule has 1 fully saturated rings. The molecule has 8 heteroatoms. The molecule has 0 spiro atoms. The van der Waals surface area contributed by atoms with Gasteiger partial charge in [-0.25, -0.2) is 4.98 Å². The first kappa shape index (κ1) is 13.5. The van der Waals surface area contributed by atoms with Gasteiger partial charge in [-0.3, -0.25) is 10.1 Å². The molecule has 0 bridgehead atoms.